The number of aryl methyl sites for hydroxylation is 1. The first-order valence-electron chi connectivity index (χ1n) is 8.52. The van der Waals surface area contributed by atoms with E-state index in [-0.39, 0.29) is 11.9 Å². The lowest BCUT2D eigenvalue weighted by Crippen LogP contribution is -2.48. The van der Waals surface area contributed by atoms with Gasteiger partial charge in [-0.1, -0.05) is 5.16 Å². The molecule has 1 amide bonds. The third-order valence-electron chi connectivity index (χ3n) is 4.79. The second-order valence-corrected chi connectivity index (χ2v) is 6.45. The van der Waals surface area contributed by atoms with Crippen molar-refractivity contribution < 1.29 is 9.32 Å². The summed E-state index contributed by atoms with van der Waals surface area (Å²) in [6.07, 6.45) is 5.56. The van der Waals surface area contributed by atoms with Gasteiger partial charge in [0, 0.05) is 38.3 Å². The maximum Gasteiger partial charge on any atom is 0.261 e. The van der Waals surface area contributed by atoms with Crippen LogP contribution in [0.1, 0.15) is 31.5 Å². The van der Waals surface area contributed by atoms with Crippen LogP contribution in [-0.4, -0.2) is 51.6 Å². The van der Waals surface area contributed by atoms with Crippen molar-refractivity contribution in [1.82, 2.24) is 20.0 Å². The minimum absolute atomic E-state index is 0.271. The van der Waals surface area contributed by atoms with Gasteiger partial charge in [-0.2, -0.15) is 4.98 Å². The van der Waals surface area contributed by atoms with Crippen LogP contribution in [0.5, 0.6) is 0 Å². The smallest absolute Gasteiger partial charge is 0.261 e. The first kappa shape index (κ1) is 15.1. The molecule has 0 saturated carbocycles. The molecule has 2 aliphatic rings. The monoisotopic (exact) mass is 327 g/mol. The molecule has 0 N–H and O–H groups in total. The lowest BCUT2D eigenvalue weighted by molar-refractivity contribution is -0.129. The fourth-order valence-corrected chi connectivity index (χ4v) is 3.68. The second kappa shape index (κ2) is 6.22. The molecule has 2 fully saturated rings. The summed E-state index contributed by atoms with van der Waals surface area (Å²) in [7, 11) is 0. The van der Waals surface area contributed by atoms with Crippen molar-refractivity contribution in [2.24, 2.45) is 0 Å². The van der Waals surface area contributed by atoms with Crippen molar-refractivity contribution in [1.29, 1.82) is 0 Å². The van der Waals surface area contributed by atoms with Gasteiger partial charge in [0.25, 0.3) is 5.89 Å². The standard InChI is InChI=1S/C17H21N5O2/c1-12-19-17(24-20-12)14-6-2-8-18-16(14)21-9-3-5-13(11-21)22-10-4-7-15(22)23/h2,6,8,13H,3-5,7,9-11H2,1H3. The molecule has 0 spiro atoms. The third-order valence-corrected chi connectivity index (χ3v) is 4.79. The van der Waals surface area contributed by atoms with E-state index in [9.17, 15) is 4.79 Å². The molecular formula is C17H21N5O2. The Morgan fingerprint density at radius 3 is 2.96 bits per heavy atom. The number of hydrogen-bond acceptors (Lipinski definition) is 6. The van der Waals surface area contributed by atoms with Gasteiger partial charge in [-0.3, -0.25) is 4.79 Å². The maximum absolute atomic E-state index is 12.1. The third kappa shape index (κ3) is 2.74. The maximum atomic E-state index is 12.1. The van der Waals surface area contributed by atoms with Crippen molar-refractivity contribution in [3.8, 4) is 11.5 Å². The first-order chi connectivity index (χ1) is 11.7. The van der Waals surface area contributed by atoms with E-state index in [0.29, 0.717) is 18.1 Å². The van der Waals surface area contributed by atoms with Crippen molar-refractivity contribution in [3.63, 3.8) is 0 Å². The number of likely N-dealkylation sites (tertiary alicyclic amines) is 1. The van der Waals surface area contributed by atoms with E-state index in [1.165, 1.54) is 0 Å². The van der Waals surface area contributed by atoms with Crippen LogP contribution in [0.15, 0.2) is 22.9 Å². The molecule has 0 aliphatic carbocycles. The zero-order valence-electron chi connectivity index (χ0n) is 13.8. The number of amides is 1. The molecule has 2 aliphatic heterocycles. The van der Waals surface area contributed by atoms with Crippen molar-refractivity contribution >= 4 is 11.7 Å². The predicted octanol–water partition coefficient (Wildman–Crippen LogP) is 2.03. The zero-order chi connectivity index (χ0) is 16.5. The van der Waals surface area contributed by atoms with E-state index >= 15 is 0 Å². The second-order valence-electron chi connectivity index (χ2n) is 6.45. The molecule has 0 radical (unpaired) electrons. The Kier molecular flexibility index (Phi) is 3.92. The number of rotatable bonds is 3. The van der Waals surface area contributed by atoms with Crippen LogP contribution in [0.4, 0.5) is 5.82 Å². The Balaban J connectivity index is 1.60. The molecule has 1 unspecified atom stereocenters. The van der Waals surface area contributed by atoms with Gasteiger partial charge in [0.1, 0.15) is 5.82 Å². The number of carbonyl (C=O) groups excluding carboxylic acids is 1. The quantitative estimate of drug-likeness (QED) is 0.858. The summed E-state index contributed by atoms with van der Waals surface area (Å²) < 4.78 is 5.33. The molecule has 4 heterocycles. The molecule has 7 heteroatoms. The van der Waals surface area contributed by atoms with Gasteiger partial charge in [0.15, 0.2) is 5.82 Å². The largest absolute Gasteiger partial charge is 0.354 e. The van der Waals surface area contributed by atoms with E-state index in [2.05, 4.69) is 20.0 Å². The molecule has 1 atom stereocenters. The highest BCUT2D eigenvalue weighted by molar-refractivity contribution is 5.78. The van der Waals surface area contributed by atoms with Gasteiger partial charge in [-0.25, -0.2) is 4.98 Å². The first-order valence-corrected chi connectivity index (χ1v) is 8.52. The summed E-state index contributed by atoms with van der Waals surface area (Å²) in [6.45, 7) is 4.42. The topological polar surface area (TPSA) is 75.4 Å². The molecule has 2 aromatic rings. The minimum Gasteiger partial charge on any atom is -0.354 e. The molecule has 2 saturated heterocycles. The van der Waals surface area contributed by atoms with Crippen LogP contribution >= 0.6 is 0 Å². The highest BCUT2D eigenvalue weighted by atomic mass is 16.5. The van der Waals surface area contributed by atoms with E-state index < -0.39 is 0 Å². The summed E-state index contributed by atoms with van der Waals surface area (Å²) in [5.41, 5.74) is 0.853. The van der Waals surface area contributed by atoms with Gasteiger partial charge >= 0.3 is 0 Å². The number of hydrogen-bond donors (Lipinski definition) is 0. The molecule has 2 aromatic heterocycles. The fraction of sp³-hybridized carbons (Fsp3) is 0.529. The fourth-order valence-electron chi connectivity index (χ4n) is 3.68. The van der Waals surface area contributed by atoms with Crippen LogP contribution < -0.4 is 4.90 Å². The number of aromatic nitrogens is 3. The lowest BCUT2D eigenvalue weighted by Gasteiger charge is -2.38. The van der Waals surface area contributed by atoms with E-state index in [0.717, 1.165) is 50.3 Å². The highest BCUT2D eigenvalue weighted by Crippen LogP contribution is 2.31. The van der Waals surface area contributed by atoms with E-state index in [1.807, 2.05) is 17.0 Å². The number of pyridine rings is 1. The molecule has 0 aromatic carbocycles. The Labute approximate surface area is 140 Å². The Bertz CT molecular complexity index is 744. The number of anilines is 1. The highest BCUT2D eigenvalue weighted by Gasteiger charge is 2.32. The van der Waals surface area contributed by atoms with Gasteiger partial charge in [0.05, 0.1) is 5.56 Å². The van der Waals surface area contributed by atoms with Crippen LogP contribution in [0.2, 0.25) is 0 Å². The summed E-state index contributed by atoms with van der Waals surface area (Å²) in [5.74, 6) is 2.25. The number of piperidine rings is 1. The van der Waals surface area contributed by atoms with E-state index in [1.54, 1.807) is 13.1 Å². The number of nitrogens with zero attached hydrogens (tertiary/aromatic N) is 5. The number of carbonyl (C=O) groups is 1. The van der Waals surface area contributed by atoms with Crippen LogP contribution in [0.25, 0.3) is 11.5 Å². The van der Waals surface area contributed by atoms with Crippen LogP contribution in [-0.2, 0) is 4.79 Å². The zero-order valence-corrected chi connectivity index (χ0v) is 13.8. The molecule has 0 bridgehead atoms. The molecule has 126 valence electrons. The van der Waals surface area contributed by atoms with Crippen molar-refractivity contribution in [2.75, 3.05) is 24.5 Å². The van der Waals surface area contributed by atoms with E-state index in [4.69, 9.17) is 4.52 Å². The Morgan fingerprint density at radius 2 is 2.21 bits per heavy atom. The van der Waals surface area contributed by atoms with Gasteiger partial charge in [-0.05, 0) is 38.3 Å². The molecule has 24 heavy (non-hydrogen) atoms. The molecular weight excluding hydrogens is 306 g/mol. The SMILES string of the molecule is Cc1noc(-c2cccnc2N2CCCC(N3CCCC3=O)C2)n1. The lowest BCUT2D eigenvalue weighted by atomic mass is 10.0. The van der Waals surface area contributed by atoms with Gasteiger partial charge in [0.2, 0.25) is 5.91 Å². The Morgan fingerprint density at radius 1 is 1.29 bits per heavy atom. The van der Waals surface area contributed by atoms with Crippen molar-refractivity contribution in [2.45, 2.75) is 38.6 Å². The normalized spacial score (nSPS) is 21.5. The van der Waals surface area contributed by atoms with Crippen LogP contribution in [0.3, 0.4) is 0 Å². The van der Waals surface area contributed by atoms with Crippen LogP contribution in [0, 0.1) is 6.92 Å². The Hall–Kier alpha value is -2.44. The summed E-state index contributed by atoms with van der Waals surface area (Å²) in [5, 5.41) is 3.88. The summed E-state index contributed by atoms with van der Waals surface area (Å²) in [4.78, 5) is 25.3. The summed E-state index contributed by atoms with van der Waals surface area (Å²) in [6, 6.07) is 4.11. The average Bonchev–Trinajstić information content (AvgIpc) is 3.23. The molecule has 7 nitrogen and oxygen atoms in total. The predicted molar refractivity (Wildman–Crippen MR) is 88.4 cm³/mol. The molecule has 4 rings (SSSR count). The van der Waals surface area contributed by atoms with Gasteiger partial charge < -0.3 is 14.3 Å². The summed E-state index contributed by atoms with van der Waals surface area (Å²) >= 11 is 0. The average molecular weight is 327 g/mol. The van der Waals surface area contributed by atoms with Crippen molar-refractivity contribution in [3.05, 3.63) is 24.2 Å². The minimum atomic E-state index is 0.271. The van der Waals surface area contributed by atoms with Gasteiger partial charge in [-0.15, -0.1) is 0 Å².